The van der Waals surface area contributed by atoms with Gasteiger partial charge in [-0.1, -0.05) is 25.7 Å². The fourth-order valence-electron chi connectivity index (χ4n) is 1.34. The summed E-state index contributed by atoms with van der Waals surface area (Å²) in [5, 5.41) is 25.6. The Balaban J connectivity index is 3.55. The van der Waals surface area contributed by atoms with E-state index in [0.717, 1.165) is 25.7 Å². The Morgan fingerprint density at radius 2 is 1.33 bits per heavy atom. The third-order valence-electron chi connectivity index (χ3n) is 2.25. The number of rotatable bonds is 9. The zero-order valence-corrected chi connectivity index (χ0v) is 8.69. The Morgan fingerprint density at radius 1 is 0.867 bits per heavy atom. The van der Waals surface area contributed by atoms with E-state index in [1.807, 2.05) is 0 Å². The maximum atomic E-state index is 10.5. The molecule has 88 valence electrons. The largest absolute Gasteiger partial charge is 0.481 e. The van der Waals surface area contributed by atoms with Crippen LogP contribution in [0.1, 0.15) is 38.5 Å². The van der Waals surface area contributed by atoms with Crippen molar-refractivity contribution in [2.24, 2.45) is 5.92 Å². The molecule has 0 atom stereocenters. The van der Waals surface area contributed by atoms with E-state index in [9.17, 15) is 9.59 Å². The Bertz CT molecular complexity index is 188. The van der Waals surface area contributed by atoms with Gasteiger partial charge in [-0.05, 0) is 12.8 Å². The average molecular weight is 218 g/mol. The van der Waals surface area contributed by atoms with Gasteiger partial charge in [-0.25, -0.2) is 0 Å². The van der Waals surface area contributed by atoms with E-state index in [0.29, 0.717) is 6.42 Å². The fraction of sp³-hybridized carbons (Fsp3) is 0.800. The predicted molar refractivity (Wildman–Crippen MR) is 53.5 cm³/mol. The first-order valence-electron chi connectivity index (χ1n) is 5.16. The number of hydrogen-bond acceptors (Lipinski definition) is 3. The number of aliphatic hydroxyl groups is 1. The summed E-state index contributed by atoms with van der Waals surface area (Å²) in [7, 11) is 0. The van der Waals surface area contributed by atoms with E-state index in [-0.39, 0.29) is 13.0 Å². The third kappa shape index (κ3) is 6.90. The molecular formula is C10H18O5. The summed E-state index contributed by atoms with van der Waals surface area (Å²) in [4.78, 5) is 21.0. The van der Waals surface area contributed by atoms with Crippen LogP contribution in [0.15, 0.2) is 0 Å². The molecule has 0 bridgehead atoms. The molecule has 0 fully saturated rings. The Labute approximate surface area is 88.7 Å². The molecule has 0 saturated carbocycles. The Hall–Kier alpha value is -1.10. The molecule has 0 aromatic carbocycles. The van der Waals surface area contributed by atoms with Crippen LogP contribution < -0.4 is 0 Å². The van der Waals surface area contributed by atoms with Gasteiger partial charge >= 0.3 is 11.9 Å². The number of carbonyl (C=O) groups is 2. The van der Waals surface area contributed by atoms with Crippen molar-refractivity contribution >= 4 is 11.9 Å². The topological polar surface area (TPSA) is 94.8 Å². The number of hydrogen-bond donors (Lipinski definition) is 3. The number of carboxylic acids is 2. The van der Waals surface area contributed by atoms with Crippen LogP contribution in [0.25, 0.3) is 0 Å². The summed E-state index contributed by atoms with van der Waals surface area (Å²) < 4.78 is 0. The van der Waals surface area contributed by atoms with Crippen molar-refractivity contribution in [2.45, 2.75) is 38.5 Å². The minimum Gasteiger partial charge on any atom is -0.481 e. The molecule has 5 heteroatoms. The van der Waals surface area contributed by atoms with Crippen molar-refractivity contribution < 1.29 is 24.9 Å². The number of aliphatic carboxylic acids is 2. The molecule has 0 aromatic rings. The Morgan fingerprint density at radius 3 is 1.80 bits per heavy atom. The molecule has 0 aliphatic heterocycles. The molecule has 0 radical (unpaired) electrons. The molecule has 0 aliphatic rings. The van der Waals surface area contributed by atoms with E-state index in [1.165, 1.54) is 0 Å². The summed E-state index contributed by atoms with van der Waals surface area (Å²) in [5.41, 5.74) is 0. The minimum atomic E-state index is -1.28. The van der Waals surface area contributed by atoms with Crippen molar-refractivity contribution in [3.05, 3.63) is 0 Å². The van der Waals surface area contributed by atoms with E-state index in [1.54, 1.807) is 0 Å². The summed E-state index contributed by atoms with van der Waals surface area (Å²) >= 11 is 0. The van der Waals surface area contributed by atoms with Gasteiger partial charge in [0, 0.05) is 6.61 Å². The molecule has 0 aromatic heterocycles. The molecule has 0 heterocycles. The van der Waals surface area contributed by atoms with Crippen LogP contribution in [0.2, 0.25) is 0 Å². The molecule has 0 rings (SSSR count). The highest BCUT2D eigenvalue weighted by molar-refractivity contribution is 5.92. The molecule has 3 N–H and O–H groups in total. The van der Waals surface area contributed by atoms with E-state index in [2.05, 4.69) is 0 Å². The molecule has 15 heavy (non-hydrogen) atoms. The first kappa shape index (κ1) is 13.9. The van der Waals surface area contributed by atoms with Gasteiger partial charge < -0.3 is 15.3 Å². The normalized spacial score (nSPS) is 10.5. The highest BCUT2D eigenvalue weighted by atomic mass is 16.4. The summed E-state index contributed by atoms with van der Waals surface area (Å²) in [6.07, 6.45) is 4.17. The van der Waals surface area contributed by atoms with Gasteiger partial charge in [-0.2, -0.15) is 0 Å². The van der Waals surface area contributed by atoms with Gasteiger partial charge in [0.2, 0.25) is 0 Å². The van der Waals surface area contributed by atoms with Crippen LogP contribution in [-0.2, 0) is 9.59 Å². The smallest absolute Gasteiger partial charge is 0.317 e. The van der Waals surface area contributed by atoms with E-state index in [4.69, 9.17) is 15.3 Å². The zero-order chi connectivity index (χ0) is 11.7. The second-order valence-corrected chi connectivity index (χ2v) is 3.51. The van der Waals surface area contributed by atoms with Crippen LogP contribution in [-0.4, -0.2) is 33.9 Å². The predicted octanol–water partition coefficient (Wildman–Crippen LogP) is 1.10. The maximum absolute atomic E-state index is 10.5. The third-order valence-corrected chi connectivity index (χ3v) is 2.25. The molecule has 0 unspecified atom stereocenters. The Kier molecular flexibility index (Phi) is 7.62. The lowest BCUT2D eigenvalue weighted by Gasteiger charge is -2.06. The van der Waals surface area contributed by atoms with Gasteiger partial charge in [0.25, 0.3) is 0 Å². The second-order valence-electron chi connectivity index (χ2n) is 3.51. The lowest BCUT2D eigenvalue weighted by molar-refractivity contribution is -0.154. The van der Waals surface area contributed by atoms with Crippen LogP contribution in [0.5, 0.6) is 0 Å². The first-order valence-corrected chi connectivity index (χ1v) is 5.16. The molecule has 0 aliphatic carbocycles. The van der Waals surface area contributed by atoms with Crippen molar-refractivity contribution in [1.82, 2.24) is 0 Å². The zero-order valence-electron chi connectivity index (χ0n) is 8.69. The maximum Gasteiger partial charge on any atom is 0.317 e. The molecule has 0 spiro atoms. The number of aliphatic hydroxyl groups excluding tert-OH is 1. The van der Waals surface area contributed by atoms with Gasteiger partial charge in [0.15, 0.2) is 5.92 Å². The number of carboxylic acid groups (broad SMARTS) is 2. The lowest BCUT2D eigenvalue weighted by atomic mass is 10.0. The summed E-state index contributed by atoms with van der Waals surface area (Å²) in [6.45, 7) is 0.173. The fourth-order valence-corrected chi connectivity index (χ4v) is 1.34. The molecule has 0 saturated heterocycles. The van der Waals surface area contributed by atoms with Crippen molar-refractivity contribution in [1.29, 1.82) is 0 Å². The van der Waals surface area contributed by atoms with Crippen molar-refractivity contribution in [3.63, 3.8) is 0 Å². The minimum absolute atomic E-state index is 0.173. The highest BCUT2D eigenvalue weighted by Gasteiger charge is 2.24. The number of unbranched alkanes of at least 4 members (excludes halogenated alkanes) is 4. The van der Waals surface area contributed by atoms with Crippen LogP contribution in [0, 0.1) is 5.92 Å². The van der Waals surface area contributed by atoms with Gasteiger partial charge in [-0.3, -0.25) is 9.59 Å². The monoisotopic (exact) mass is 218 g/mol. The SMILES string of the molecule is O=C(O)C(CCCCCCCO)C(=O)O. The van der Waals surface area contributed by atoms with Crippen molar-refractivity contribution in [3.8, 4) is 0 Å². The van der Waals surface area contributed by atoms with Gasteiger partial charge in [-0.15, -0.1) is 0 Å². The standard InChI is InChI=1S/C10H18O5/c11-7-5-3-1-2-4-6-8(9(12)13)10(14)15/h8,11H,1-7H2,(H,12,13)(H,14,15). The highest BCUT2D eigenvalue weighted by Crippen LogP contribution is 2.12. The lowest BCUT2D eigenvalue weighted by Crippen LogP contribution is -2.23. The molecule has 5 nitrogen and oxygen atoms in total. The second kappa shape index (κ2) is 8.23. The molecule has 0 amide bonds. The molecular weight excluding hydrogens is 200 g/mol. The van der Waals surface area contributed by atoms with Crippen molar-refractivity contribution in [2.75, 3.05) is 6.61 Å². The van der Waals surface area contributed by atoms with Crippen LogP contribution >= 0.6 is 0 Å². The summed E-state index contributed by atoms with van der Waals surface area (Å²) in [5.74, 6) is -3.81. The van der Waals surface area contributed by atoms with Crippen LogP contribution in [0.3, 0.4) is 0 Å². The van der Waals surface area contributed by atoms with Crippen LogP contribution in [0.4, 0.5) is 0 Å². The van der Waals surface area contributed by atoms with E-state index < -0.39 is 17.9 Å². The van der Waals surface area contributed by atoms with Gasteiger partial charge in [0.1, 0.15) is 0 Å². The van der Waals surface area contributed by atoms with E-state index >= 15 is 0 Å². The first-order chi connectivity index (χ1) is 7.09. The average Bonchev–Trinajstić information content (AvgIpc) is 2.15. The summed E-state index contributed by atoms with van der Waals surface area (Å²) in [6, 6.07) is 0. The van der Waals surface area contributed by atoms with Gasteiger partial charge in [0.05, 0.1) is 0 Å². The quantitative estimate of drug-likeness (QED) is 0.398.